The number of carbonyl (C=O) groups excluding carboxylic acids is 1. The fourth-order valence-corrected chi connectivity index (χ4v) is 1.91. The first kappa shape index (κ1) is 9.67. The normalized spacial score (nSPS) is 21.5. The SMILES string of the molecule is CC1C=CC2=[O+]c3cc(Cl)ccc3OC2=C1. The molecule has 1 aliphatic carbocycles. The summed E-state index contributed by atoms with van der Waals surface area (Å²) in [5.74, 6) is 3.27. The Hall–Kier alpha value is -1.54. The Morgan fingerprint density at radius 3 is 3.12 bits per heavy atom. The lowest BCUT2D eigenvalue weighted by molar-refractivity contribution is -0.370. The first-order valence-electron chi connectivity index (χ1n) is 5.15. The summed E-state index contributed by atoms with van der Waals surface area (Å²) >= 11 is 5.90. The van der Waals surface area contributed by atoms with Gasteiger partial charge in [-0.15, -0.1) is 0 Å². The van der Waals surface area contributed by atoms with Gasteiger partial charge in [0.25, 0.3) is 0 Å². The van der Waals surface area contributed by atoms with Crippen LogP contribution in [-0.2, 0) is 4.42 Å². The van der Waals surface area contributed by atoms with Gasteiger partial charge in [0.15, 0.2) is 0 Å². The first-order chi connectivity index (χ1) is 7.72. The van der Waals surface area contributed by atoms with Crippen molar-refractivity contribution in [1.29, 1.82) is 0 Å². The molecular formula is C13H10ClO2+. The predicted octanol–water partition coefficient (Wildman–Crippen LogP) is 3.64. The molecule has 0 saturated heterocycles. The van der Waals surface area contributed by atoms with Gasteiger partial charge in [0, 0.05) is 6.08 Å². The number of rotatable bonds is 0. The van der Waals surface area contributed by atoms with Crippen LogP contribution in [0.15, 0.2) is 42.2 Å². The van der Waals surface area contributed by atoms with Crippen molar-refractivity contribution in [1.82, 2.24) is 0 Å². The predicted molar refractivity (Wildman–Crippen MR) is 62.9 cm³/mol. The summed E-state index contributed by atoms with van der Waals surface area (Å²) in [5.41, 5.74) is 0. The van der Waals surface area contributed by atoms with E-state index in [1.165, 1.54) is 0 Å². The van der Waals surface area contributed by atoms with Gasteiger partial charge in [-0.1, -0.05) is 24.6 Å². The second-order valence-corrected chi connectivity index (χ2v) is 4.35. The number of ketones is 1. The van der Waals surface area contributed by atoms with Crippen LogP contribution in [0.1, 0.15) is 6.92 Å². The molecule has 1 heterocycles. The van der Waals surface area contributed by atoms with E-state index in [9.17, 15) is 0 Å². The molecule has 80 valence electrons. The van der Waals surface area contributed by atoms with Gasteiger partial charge < -0.3 is 4.74 Å². The van der Waals surface area contributed by atoms with Crippen molar-refractivity contribution in [2.75, 3.05) is 0 Å². The van der Waals surface area contributed by atoms with Crippen LogP contribution in [0.25, 0.3) is 0 Å². The smallest absolute Gasteiger partial charge is 0.397 e. The summed E-state index contributed by atoms with van der Waals surface area (Å²) in [5, 5.41) is 0.642. The Balaban J connectivity index is 2.12. The Bertz CT molecular complexity index is 541. The van der Waals surface area contributed by atoms with Gasteiger partial charge in [-0.25, -0.2) is 0 Å². The molecule has 2 nitrogen and oxygen atoms in total. The summed E-state index contributed by atoms with van der Waals surface area (Å²) in [6.07, 6.45) is 6.04. The maximum absolute atomic E-state index is 5.90. The molecule has 1 unspecified atom stereocenters. The van der Waals surface area contributed by atoms with E-state index in [2.05, 4.69) is 13.0 Å². The molecule has 0 amide bonds. The number of hydrogen-bond acceptors (Lipinski definition) is 1. The van der Waals surface area contributed by atoms with Crippen molar-refractivity contribution < 1.29 is 9.16 Å². The highest BCUT2D eigenvalue weighted by molar-refractivity contribution is 6.30. The number of hydrogen-bond donors (Lipinski definition) is 0. The van der Waals surface area contributed by atoms with Crippen LogP contribution in [0, 0.1) is 5.92 Å². The quantitative estimate of drug-likeness (QED) is 0.627. The van der Waals surface area contributed by atoms with Crippen LogP contribution < -0.4 is 4.74 Å². The summed E-state index contributed by atoms with van der Waals surface area (Å²) in [6.45, 7) is 2.10. The molecule has 1 aromatic rings. The van der Waals surface area contributed by atoms with E-state index in [1.54, 1.807) is 12.1 Å². The average molecular weight is 234 g/mol. The number of fused-ring (bicyclic) bond motifs is 2. The van der Waals surface area contributed by atoms with Crippen molar-refractivity contribution in [3.63, 3.8) is 0 Å². The van der Waals surface area contributed by atoms with Gasteiger partial charge >= 0.3 is 11.5 Å². The molecule has 3 rings (SSSR count). The van der Waals surface area contributed by atoms with Crippen LogP contribution >= 0.6 is 11.6 Å². The molecule has 0 bridgehead atoms. The summed E-state index contributed by atoms with van der Waals surface area (Å²) in [7, 11) is 0. The highest BCUT2D eigenvalue weighted by Crippen LogP contribution is 2.36. The third-order valence-corrected chi connectivity index (χ3v) is 2.79. The van der Waals surface area contributed by atoms with E-state index in [-0.39, 0.29) is 0 Å². The van der Waals surface area contributed by atoms with Crippen molar-refractivity contribution >= 4 is 17.4 Å². The van der Waals surface area contributed by atoms with Gasteiger partial charge in [-0.05, 0) is 24.1 Å². The lowest BCUT2D eigenvalue weighted by Crippen LogP contribution is -2.16. The van der Waals surface area contributed by atoms with Gasteiger partial charge in [0.05, 0.1) is 11.1 Å². The molecule has 0 fully saturated rings. The van der Waals surface area contributed by atoms with E-state index >= 15 is 0 Å². The van der Waals surface area contributed by atoms with Gasteiger partial charge in [-0.3, -0.25) is 0 Å². The molecule has 0 N–H and O–H groups in total. The molecule has 1 aliphatic heterocycles. The monoisotopic (exact) mass is 233 g/mol. The largest absolute Gasteiger partial charge is 0.438 e. The molecule has 1 atom stereocenters. The van der Waals surface area contributed by atoms with E-state index in [0.717, 1.165) is 11.5 Å². The average Bonchev–Trinajstić information content (AvgIpc) is 2.26. The minimum absolute atomic E-state index is 0.371. The van der Waals surface area contributed by atoms with E-state index < -0.39 is 0 Å². The molecule has 0 radical (unpaired) electrons. The topological polar surface area (TPSA) is 20.5 Å². The molecule has 3 heteroatoms. The second kappa shape index (κ2) is 3.49. The maximum atomic E-state index is 5.90. The zero-order valence-corrected chi connectivity index (χ0v) is 9.49. The Labute approximate surface area is 98.5 Å². The molecule has 1 aromatic carbocycles. The first-order valence-corrected chi connectivity index (χ1v) is 5.53. The second-order valence-electron chi connectivity index (χ2n) is 3.91. The van der Waals surface area contributed by atoms with Crippen LogP contribution in [0.2, 0.25) is 5.02 Å². The Morgan fingerprint density at radius 2 is 2.25 bits per heavy atom. The lowest BCUT2D eigenvalue weighted by Gasteiger charge is -2.13. The summed E-state index contributed by atoms with van der Waals surface area (Å²) in [4.78, 5) is 0. The van der Waals surface area contributed by atoms with Crippen molar-refractivity contribution in [3.8, 4) is 11.5 Å². The molecule has 16 heavy (non-hydrogen) atoms. The summed E-state index contributed by atoms with van der Waals surface area (Å²) in [6, 6.07) is 5.36. The van der Waals surface area contributed by atoms with Crippen LogP contribution in [0.5, 0.6) is 11.5 Å². The molecule has 0 spiro atoms. The number of benzene rings is 1. The van der Waals surface area contributed by atoms with E-state index in [4.69, 9.17) is 20.8 Å². The molecule has 0 aromatic heterocycles. The third kappa shape index (κ3) is 1.55. The minimum atomic E-state index is 0.371. The van der Waals surface area contributed by atoms with Crippen molar-refractivity contribution in [3.05, 3.63) is 47.2 Å². The van der Waals surface area contributed by atoms with Crippen LogP contribution in [0.3, 0.4) is 0 Å². The van der Waals surface area contributed by atoms with Crippen LogP contribution in [0.4, 0.5) is 0 Å². The van der Waals surface area contributed by atoms with Crippen molar-refractivity contribution in [2.24, 2.45) is 5.92 Å². The van der Waals surface area contributed by atoms with E-state index in [0.29, 0.717) is 22.4 Å². The lowest BCUT2D eigenvalue weighted by atomic mass is 10.0. The highest BCUT2D eigenvalue weighted by atomic mass is 35.5. The molecular weight excluding hydrogens is 224 g/mol. The molecule has 0 saturated carbocycles. The standard InChI is InChI=1S/C13H10ClO2/c1-8-2-4-10-12(6-8)15-11-5-3-9(14)7-13(11)16-10/h2-8H,1H3/q+1. The number of allylic oxidation sites excluding steroid dienone is 3. The zero-order chi connectivity index (χ0) is 11.1. The fraction of sp³-hybridized carbons (Fsp3) is 0.154. The minimum Gasteiger partial charge on any atom is -0.438 e. The van der Waals surface area contributed by atoms with Crippen molar-refractivity contribution in [2.45, 2.75) is 6.92 Å². The van der Waals surface area contributed by atoms with Gasteiger partial charge in [0.1, 0.15) is 0 Å². The number of halogens is 1. The zero-order valence-electron chi connectivity index (χ0n) is 8.74. The van der Waals surface area contributed by atoms with Gasteiger partial charge in [-0.2, -0.15) is 4.42 Å². The maximum Gasteiger partial charge on any atom is 0.397 e. The number of ether oxygens (including phenoxy) is 1. The van der Waals surface area contributed by atoms with E-state index in [1.807, 2.05) is 18.2 Å². The fourth-order valence-electron chi connectivity index (χ4n) is 1.75. The Morgan fingerprint density at radius 1 is 1.38 bits per heavy atom. The highest BCUT2D eigenvalue weighted by Gasteiger charge is 2.31. The van der Waals surface area contributed by atoms with Crippen LogP contribution in [-0.4, -0.2) is 5.78 Å². The molecule has 2 aliphatic rings. The third-order valence-electron chi connectivity index (χ3n) is 2.55. The Kier molecular flexibility index (Phi) is 2.11. The van der Waals surface area contributed by atoms with Gasteiger partial charge in [0.2, 0.25) is 11.5 Å². The summed E-state index contributed by atoms with van der Waals surface area (Å²) < 4.78 is 11.5.